The Labute approximate surface area is 161 Å². The van der Waals surface area contributed by atoms with E-state index < -0.39 is 0 Å². The first kappa shape index (κ1) is 17.6. The first-order valence-electron chi connectivity index (χ1n) is 8.79. The average Bonchev–Trinajstić information content (AvgIpc) is 3.13. The second-order valence-corrected chi connectivity index (χ2v) is 6.26. The number of pyridine rings is 1. The summed E-state index contributed by atoms with van der Waals surface area (Å²) < 4.78 is 15.1. The molecule has 4 rings (SSSR count). The Kier molecular flexibility index (Phi) is 4.93. The SMILES string of the molecule is O=C(Cc1cn(-c2ccccc2)nc1-c1ccc(F)cc1)Nc1cccnc1. The van der Waals surface area contributed by atoms with Gasteiger partial charge in [0.2, 0.25) is 5.91 Å². The minimum absolute atomic E-state index is 0.133. The molecule has 0 atom stereocenters. The summed E-state index contributed by atoms with van der Waals surface area (Å²) in [5, 5.41) is 7.47. The fraction of sp³-hybridized carbons (Fsp3) is 0.0455. The van der Waals surface area contributed by atoms with Crippen LogP contribution in [0.2, 0.25) is 0 Å². The van der Waals surface area contributed by atoms with E-state index in [1.807, 2.05) is 36.5 Å². The number of amides is 1. The molecule has 0 unspecified atom stereocenters. The molecule has 6 heteroatoms. The van der Waals surface area contributed by atoms with Crippen LogP contribution in [-0.2, 0) is 11.2 Å². The van der Waals surface area contributed by atoms with Gasteiger partial charge in [-0.15, -0.1) is 0 Å². The quantitative estimate of drug-likeness (QED) is 0.570. The zero-order chi connectivity index (χ0) is 19.3. The van der Waals surface area contributed by atoms with E-state index in [-0.39, 0.29) is 18.1 Å². The maximum absolute atomic E-state index is 13.3. The van der Waals surface area contributed by atoms with Crippen LogP contribution in [0.25, 0.3) is 16.9 Å². The highest BCUT2D eigenvalue weighted by molar-refractivity contribution is 5.93. The zero-order valence-electron chi connectivity index (χ0n) is 14.9. The van der Waals surface area contributed by atoms with Crippen molar-refractivity contribution in [2.75, 3.05) is 5.32 Å². The second-order valence-electron chi connectivity index (χ2n) is 6.26. The van der Waals surface area contributed by atoms with Crippen LogP contribution >= 0.6 is 0 Å². The van der Waals surface area contributed by atoms with Crippen LogP contribution < -0.4 is 5.32 Å². The van der Waals surface area contributed by atoms with E-state index in [9.17, 15) is 9.18 Å². The van der Waals surface area contributed by atoms with Crippen LogP contribution in [0.15, 0.2) is 85.3 Å². The number of halogens is 1. The van der Waals surface area contributed by atoms with Crippen molar-refractivity contribution in [1.82, 2.24) is 14.8 Å². The van der Waals surface area contributed by atoms with Gasteiger partial charge in [-0.1, -0.05) is 18.2 Å². The minimum Gasteiger partial charge on any atom is -0.324 e. The van der Waals surface area contributed by atoms with Crippen molar-refractivity contribution in [3.05, 3.63) is 96.7 Å². The van der Waals surface area contributed by atoms with E-state index in [1.165, 1.54) is 12.1 Å². The number of benzene rings is 2. The number of rotatable bonds is 5. The maximum atomic E-state index is 13.3. The third kappa shape index (κ3) is 3.96. The third-order valence-corrected chi connectivity index (χ3v) is 4.22. The van der Waals surface area contributed by atoms with E-state index in [0.717, 1.165) is 16.8 Å². The Balaban J connectivity index is 1.67. The molecule has 2 heterocycles. The Bertz CT molecular complexity index is 1080. The monoisotopic (exact) mass is 372 g/mol. The second kappa shape index (κ2) is 7.84. The summed E-state index contributed by atoms with van der Waals surface area (Å²) in [6.45, 7) is 0. The molecule has 2 aromatic heterocycles. The molecule has 0 saturated carbocycles. The highest BCUT2D eigenvalue weighted by Crippen LogP contribution is 2.25. The third-order valence-electron chi connectivity index (χ3n) is 4.22. The molecule has 1 N–H and O–H groups in total. The lowest BCUT2D eigenvalue weighted by atomic mass is 10.1. The molecule has 28 heavy (non-hydrogen) atoms. The smallest absolute Gasteiger partial charge is 0.228 e. The first-order valence-corrected chi connectivity index (χ1v) is 8.79. The molecular formula is C22H17FN4O. The van der Waals surface area contributed by atoms with E-state index in [2.05, 4.69) is 15.4 Å². The van der Waals surface area contributed by atoms with Crippen molar-refractivity contribution in [2.24, 2.45) is 0 Å². The maximum Gasteiger partial charge on any atom is 0.228 e. The Morgan fingerprint density at radius 1 is 1.00 bits per heavy atom. The van der Waals surface area contributed by atoms with Crippen molar-refractivity contribution < 1.29 is 9.18 Å². The molecule has 0 bridgehead atoms. The molecule has 5 nitrogen and oxygen atoms in total. The van der Waals surface area contributed by atoms with Gasteiger partial charge in [0.1, 0.15) is 5.82 Å². The molecule has 0 fully saturated rings. The van der Waals surface area contributed by atoms with Crippen molar-refractivity contribution in [3.8, 4) is 16.9 Å². The van der Waals surface area contributed by atoms with Gasteiger partial charge in [-0.2, -0.15) is 5.10 Å². The Morgan fingerprint density at radius 2 is 1.79 bits per heavy atom. The zero-order valence-corrected chi connectivity index (χ0v) is 14.9. The normalized spacial score (nSPS) is 10.6. The predicted octanol–water partition coefficient (Wildman–Crippen LogP) is 4.25. The molecule has 0 aliphatic rings. The van der Waals surface area contributed by atoms with Gasteiger partial charge in [0, 0.05) is 23.5 Å². The Hall–Kier alpha value is -3.80. The number of para-hydroxylation sites is 1. The lowest BCUT2D eigenvalue weighted by molar-refractivity contribution is -0.115. The van der Waals surface area contributed by atoms with Gasteiger partial charge < -0.3 is 5.32 Å². The fourth-order valence-electron chi connectivity index (χ4n) is 2.92. The molecule has 0 aliphatic heterocycles. The number of nitrogens with one attached hydrogen (secondary N) is 1. The highest BCUT2D eigenvalue weighted by Gasteiger charge is 2.16. The number of hydrogen-bond donors (Lipinski definition) is 1. The lowest BCUT2D eigenvalue weighted by Gasteiger charge is -2.05. The van der Waals surface area contributed by atoms with Gasteiger partial charge in [-0.05, 0) is 48.5 Å². The highest BCUT2D eigenvalue weighted by atomic mass is 19.1. The number of hydrogen-bond acceptors (Lipinski definition) is 3. The molecule has 4 aromatic rings. The molecule has 0 saturated heterocycles. The molecule has 1 amide bonds. The summed E-state index contributed by atoms with van der Waals surface area (Å²) in [4.78, 5) is 16.5. The predicted molar refractivity (Wildman–Crippen MR) is 106 cm³/mol. The van der Waals surface area contributed by atoms with Crippen molar-refractivity contribution in [3.63, 3.8) is 0 Å². The summed E-state index contributed by atoms with van der Waals surface area (Å²) in [5.41, 5.74) is 3.65. The van der Waals surface area contributed by atoms with Gasteiger partial charge in [-0.3, -0.25) is 9.78 Å². The number of nitrogens with zero attached hydrogens (tertiary/aromatic N) is 3. The van der Waals surface area contributed by atoms with Crippen LogP contribution in [0.1, 0.15) is 5.56 Å². The van der Waals surface area contributed by atoms with Gasteiger partial charge in [-0.25, -0.2) is 9.07 Å². The molecule has 138 valence electrons. The number of carbonyl (C=O) groups is 1. The van der Waals surface area contributed by atoms with E-state index in [1.54, 1.807) is 41.3 Å². The topological polar surface area (TPSA) is 59.8 Å². The number of carbonyl (C=O) groups excluding carboxylic acids is 1. The van der Waals surface area contributed by atoms with Crippen LogP contribution in [-0.4, -0.2) is 20.7 Å². The van der Waals surface area contributed by atoms with Gasteiger partial charge in [0.25, 0.3) is 0 Å². The number of aromatic nitrogens is 3. The summed E-state index contributed by atoms with van der Waals surface area (Å²) >= 11 is 0. The van der Waals surface area contributed by atoms with Crippen molar-refractivity contribution in [1.29, 1.82) is 0 Å². The lowest BCUT2D eigenvalue weighted by Crippen LogP contribution is -2.14. The molecule has 0 aliphatic carbocycles. The average molecular weight is 372 g/mol. The van der Waals surface area contributed by atoms with Crippen LogP contribution in [0, 0.1) is 5.82 Å². The first-order chi connectivity index (χ1) is 13.7. The van der Waals surface area contributed by atoms with E-state index in [0.29, 0.717) is 11.4 Å². The van der Waals surface area contributed by atoms with Gasteiger partial charge in [0.15, 0.2) is 0 Å². The van der Waals surface area contributed by atoms with Gasteiger partial charge >= 0.3 is 0 Å². The summed E-state index contributed by atoms with van der Waals surface area (Å²) in [7, 11) is 0. The fourth-order valence-corrected chi connectivity index (χ4v) is 2.92. The van der Waals surface area contributed by atoms with Crippen LogP contribution in [0.4, 0.5) is 10.1 Å². The molecular weight excluding hydrogens is 355 g/mol. The standard InChI is InChI=1S/C22H17FN4O/c23-18-10-8-16(9-11-18)22-17(13-21(28)25-19-5-4-12-24-14-19)15-27(26-22)20-6-2-1-3-7-20/h1-12,14-15H,13H2,(H,25,28). The number of anilines is 1. The Morgan fingerprint density at radius 3 is 2.50 bits per heavy atom. The van der Waals surface area contributed by atoms with E-state index in [4.69, 9.17) is 0 Å². The summed E-state index contributed by atoms with van der Waals surface area (Å²) in [6.07, 6.45) is 5.20. The summed E-state index contributed by atoms with van der Waals surface area (Å²) in [6, 6.07) is 19.3. The van der Waals surface area contributed by atoms with E-state index >= 15 is 0 Å². The largest absolute Gasteiger partial charge is 0.324 e. The minimum atomic E-state index is -0.317. The van der Waals surface area contributed by atoms with Crippen molar-refractivity contribution in [2.45, 2.75) is 6.42 Å². The van der Waals surface area contributed by atoms with Crippen molar-refractivity contribution >= 4 is 11.6 Å². The van der Waals surface area contributed by atoms with Gasteiger partial charge in [0.05, 0.1) is 29.7 Å². The molecule has 0 radical (unpaired) electrons. The molecule has 0 spiro atoms. The molecule has 2 aromatic carbocycles. The van der Waals surface area contributed by atoms with Crippen LogP contribution in [0.5, 0.6) is 0 Å². The van der Waals surface area contributed by atoms with Crippen LogP contribution in [0.3, 0.4) is 0 Å². The summed E-state index contributed by atoms with van der Waals surface area (Å²) in [5.74, 6) is -0.494.